The number of carbonyl (C=O) groups excluding carboxylic acids is 1. The Morgan fingerprint density at radius 3 is 2.42 bits per heavy atom. The Hall–Kier alpha value is -3.39. The Morgan fingerprint density at radius 2 is 1.75 bits per heavy atom. The maximum atomic E-state index is 14.6. The largest absolute Gasteiger partial charge is 0.371 e. The molecule has 0 aromatic heterocycles. The van der Waals surface area contributed by atoms with Gasteiger partial charge in [-0.2, -0.15) is 0 Å². The quantitative estimate of drug-likeness (QED) is 0.470. The van der Waals surface area contributed by atoms with Gasteiger partial charge in [0.15, 0.2) is 0 Å². The van der Waals surface area contributed by atoms with Gasteiger partial charge in [-0.05, 0) is 67.6 Å². The van der Waals surface area contributed by atoms with E-state index in [-0.39, 0.29) is 17.1 Å². The lowest BCUT2D eigenvalue weighted by molar-refractivity contribution is -0.119. The second-order valence-corrected chi connectivity index (χ2v) is 11.3. The summed E-state index contributed by atoms with van der Waals surface area (Å²) in [5, 5.41) is 2.78. The zero-order chi connectivity index (χ0) is 25.7. The van der Waals surface area contributed by atoms with Crippen LogP contribution < -0.4 is 14.5 Å². The fourth-order valence-corrected chi connectivity index (χ4v) is 5.86. The molecule has 36 heavy (non-hydrogen) atoms. The van der Waals surface area contributed by atoms with Gasteiger partial charge in [-0.15, -0.1) is 0 Å². The third kappa shape index (κ3) is 6.05. The molecule has 0 bridgehead atoms. The SMILES string of the molecule is Cc1ccc(S(=O)(=O)N(CC(=O)NCc2ccc(N3CCCC(C)C3)cc2)c2ccccc2F)cc1. The number of para-hydroxylation sites is 1. The Morgan fingerprint density at radius 1 is 1.06 bits per heavy atom. The molecular formula is C28H32FN3O3S. The van der Waals surface area contributed by atoms with Crippen molar-refractivity contribution < 1.29 is 17.6 Å². The Labute approximate surface area is 212 Å². The van der Waals surface area contributed by atoms with Crippen molar-refractivity contribution in [3.05, 3.63) is 89.7 Å². The van der Waals surface area contributed by atoms with Gasteiger partial charge in [-0.25, -0.2) is 12.8 Å². The highest BCUT2D eigenvalue weighted by molar-refractivity contribution is 7.92. The van der Waals surface area contributed by atoms with Crippen LogP contribution in [0, 0.1) is 18.7 Å². The Bertz CT molecular complexity index is 1290. The van der Waals surface area contributed by atoms with Crippen LogP contribution in [-0.2, 0) is 21.4 Å². The molecule has 1 saturated heterocycles. The zero-order valence-electron chi connectivity index (χ0n) is 20.7. The van der Waals surface area contributed by atoms with Crippen LogP contribution >= 0.6 is 0 Å². The molecule has 4 rings (SSSR count). The van der Waals surface area contributed by atoms with Crippen LogP contribution in [0.3, 0.4) is 0 Å². The second-order valence-electron chi connectivity index (χ2n) is 9.41. The minimum absolute atomic E-state index is 0.00762. The predicted octanol–water partition coefficient (Wildman–Crippen LogP) is 4.88. The van der Waals surface area contributed by atoms with Crippen molar-refractivity contribution in [1.82, 2.24) is 5.32 Å². The summed E-state index contributed by atoms with van der Waals surface area (Å²) in [6.45, 7) is 5.89. The molecule has 1 amide bonds. The fraction of sp³-hybridized carbons (Fsp3) is 0.321. The number of carbonyl (C=O) groups is 1. The molecule has 1 fully saturated rings. The summed E-state index contributed by atoms with van der Waals surface area (Å²) in [4.78, 5) is 15.2. The highest BCUT2D eigenvalue weighted by atomic mass is 32.2. The van der Waals surface area contributed by atoms with Crippen molar-refractivity contribution in [3.8, 4) is 0 Å². The minimum Gasteiger partial charge on any atom is -0.371 e. The fourth-order valence-electron chi connectivity index (χ4n) is 4.43. The van der Waals surface area contributed by atoms with Crippen molar-refractivity contribution in [3.63, 3.8) is 0 Å². The van der Waals surface area contributed by atoms with Crippen molar-refractivity contribution in [2.75, 3.05) is 28.8 Å². The number of piperidine rings is 1. The number of amides is 1. The van der Waals surface area contributed by atoms with Gasteiger partial charge in [0.2, 0.25) is 5.91 Å². The lowest BCUT2D eigenvalue weighted by atomic mass is 9.99. The lowest BCUT2D eigenvalue weighted by Gasteiger charge is -2.32. The average molecular weight is 510 g/mol. The van der Waals surface area contributed by atoms with Gasteiger partial charge in [0.05, 0.1) is 10.6 Å². The van der Waals surface area contributed by atoms with E-state index >= 15 is 0 Å². The molecule has 0 saturated carbocycles. The molecule has 0 radical (unpaired) electrons. The van der Waals surface area contributed by atoms with Crippen LogP contribution in [0.15, 0.2) is 77.7 Å². The van der Waals surface area contributed by atoms with Gasteiger partial charge in [0.1, 0.15) is 12.4 Å². The molecule has 190 valence electrons. The third-order valence-electron chi connectivity index (χ3n) is 6.47. The molecule has 1 heterocycles. The summed E-state index contributed by atoms with van der Waals surface area (Å²) in [7, 11) is -4.17. The van der Waals surface area contributed by atoms with Gasteiger partial charge >= 0.3 is 0 Å². The maximum Gasteiger partial charge on any atom is 0.264 e. The van der Waals surface area contributed by atoms with E-state index in [1.165, 1.54) is 43.2 Å². The summed E-state index contributed by atoms with van der Waals surface area (Å²) in [6, 6.07) is 19.8. The number of aryl methyl sites for hydroxylation is 1. The molecule has 1 aliphatic heterocycles. The van der Waals surface area contributed by atoms with E-state index in [1.54, 1.807) is 18.2 Å². The first-order valence-electron chi connectivity index (χ1n) is 12.2. The molecule has 3 aromatic rings. The van der Waals surface area contributed by atoms with Crippen molar-refractivity contribution >= 4 is 27.3 Å². The first-order chi connectivity index (χ1) is 17.2. The number of anilines is 2. The molecule has 1 aliphatic rings. The number of nitrogens with one attached hydrogen (secondary N) is 1. The van der Waals surface area contributed by atoms with Gasteiger partial charge in [0.25, 0.3) is 10.0 Å². The first-order valence-corrected chi connectivity index (χ1v) is 13.6. The predicted molar refractivity (Wildman–Crippen MR) is 141 cm³/mol. The molecule has 8 heteroatoms. The van der Waals surface area contributed by atoms with E-state index in [9.17, 15) is 17.6 Å². The monoisotopic (exact) mass is 509 g/mol. The van der Waals surface area contributed by atoms with Crippen LogP contribution in [0.1, 0.15) is 30.9 Å². The van der Waals surface area contributed by atoms with Crippen LogP contribution in [-0.4, -0.2) is 34.0 Å². The van der Waals surface area contributed by atoms with Gasteiger partial charge in [-0.3, -0.25) is 9.10 Å². The van der Waals surface area contributed by atoms with Crippen LogP contribution in [0.4, 0.5) is 15.8 Å². The van der Waals surface area contributed by atoms with Crippen LogP contribution in [0.25, 0.3) is 0 Å². The first kappa shape index (κ1) is 25.7. The molecule has 1 unspecified atom stereocenters. The molecule has 1 atom stereocenters. The topological polar surface area (TPSA) is 69.7 Å². The van der Waals surface area contributed by atoms with E-state index < -0.39 is 28.3 Å². The summed E-state index contributed by atoms with van der Waals surface area (Å²) in [6.07, 6.45) is 2.44. The lowest BCUT2D eigenvalue weighted by Crippen LogP contribution is -2.41. The third-order valence-corrected chi connectivity index (χ3v) is 8.24. The van der Waals surface area contributed by atoms with Gasteiger partial charge in [-0.1, -0.05) is 48.9 Å². The van der Waals surface area contributed by atoms with Crippen LogP contribution in [0.5, 0.6) is 0 Å². The standard InChI is InChI=1S/C28H32FN3O3S/c1-21-9-15-25(16-10-21)36(34,35)32(27-8-4-3-7-26(27)29)20-28(33)30-18-23-11-13-24(14-12-23)31-17-5-6-22(2)19-31/h3-4,7-16,22H,5-6,17-20H2,1-2H3,(H,30,33). The number of hydrogen-bond donors (Lipinski definition) is 1. The number of sulfonamides is 1. The summed E-state index contributed by atoms with van der Waals surface area (Å²) in [5.74, 6) is -0.572. The minimum atomic E-state index is -4.17. The zero-order valence-corrected chi connectivity index (χ0v) is 21.5. The number of benzene rings is 3. The van der Waals surface area contributed by atoms with Crippen LogP contribution in [0.2, 0.25) is 0 Å². The molecule has 1 N–H and O–H groups in total. The van der Waals surface area contributed by atoms with E-state index in [0.29, 0.717) is 5.92 Å². The smallest absolute Gasteiger partial charge is 0.264 e. The number of hydrogen-bond acceptors (Lipinski definition) is 4. The average Bonchev–Trinajstić information content (AvgIpc) is 2.87. The molecule has 6 nitrogen and oxygen atoms in total. The summed E-state index contributed by atoms with van der Waals surface area (Å²) in [5.41, 5.74) is 2.78. The van der Waals surface area contributed by atoms with E-state index in [4.69, 9.17) is 0 Å². The molecule has 0 spiro atoms. The molecule has 3 aromatic carbocycles. The van der Waals surface area contributed by atoms with Crippen molar-refractivity contribution in [1.29, 1.82) is 0 Å². The summed E-state index contributed by atoms with van der Waals surface area (Å²) < 4.78 is 42.2. The second kappa shape index (κ2) is 11.1. The number of halogens is 1. The summed E-state index contributed by atoms with van der Waals surface area (Å²) >= 11 is 0. The van der Waals surface area contributed by atoms with Gasteiger partial charge < -0.3 is 10.2 Å². The Balaban J connectivity index is 1.46. The maximum absolute atomic E-state index is 14.6. The van der Waals surface area contributed by atoms with Crippen molar-refractivity contribution in [2.45, 2.75) is 38.1 Å². The molecule has 0 aliphatic carbocycles. The van der Waals surface area contributed by atoms with E-state index in [0.717, 1.165) is 34.2 Å². The normalized spacial score (nSPS) is 16.0. The van der Waals surface area contributed by atoms with E-state index in [1.807, 2.05) is 31.2 Å². The molecular weight excluding hydrogens is 477 g/mol. The Kier molecular flexibility index (Phi) is 7.94. The van der Waals surface area contributed by atoms with Crippen molar-refractivity contribution in [2.24, 2.45) is 5.92 Å². The highest BCUT2D eigenvalue weighted by Gasteiger charge is 2.29. The number of nitrogens with zero attached hydrogens (tertiary/aromatic N) is 2. The van der Waals surface area contributed by atoms with E-state index in [2.05, 4.69) is 17.1 Å². The van der Waals surface area contributed by atoms with Gasteiger partial charge in [0, 0.05) is 25.3 Å². The number of rotatable bonds is 8. The highest BCUT2D eigenvalue weighted by Crippen LogP contribution is 2.27.